The summed E-state index contributed by atoms with van der Waals surface area (Å²) in [5, 5.41) is 0. The quantitative estimate of drug-likeness (QED) is 0.539. The van der Waals surface area contributed by atoms with Crippen LogP contribution in [0.5, 0.6) is 0 Å². The molecule has 0 aromatic rings. The fourth-order valence-corrected chi connectivity index (χ4v) is 2.79. The lowest BCUT2D eigenvalue weighted by Gasteiger charge is -2.38. The number of halogens is 12. The van der Waals surface area contributed by atoms with Crippen LogP contribution in [0.25, 0.3) is 0 Å². The molecule has 0 saturated carbocycles. The molecule has 0 heterocycles. The minimum atomic E-state index is -6.37. The summed E-state index contributed by atoms with van der Waals surface area (Å²) >= 11 is -4.72. The molecule has 0 unspecified atom stereocenters. The molecule has 0 aliphatic carbocycles. The normalized spacial score (nSPS) is 15.7. The van der Waals surface area contributed by atoms with Gasteiger partial charge in [-0.1, -0.05) is 13.8 Å². The van der Waals surface area contributed by atoms with E-state index in [9.17, 15) is 56.9 Å². The maximum atomic E-state index is 12.7. The molecular formula is C10H10F12O3S. The van der Waals surface area contributed by atoms with Crippen molar-refractivity contribution in [2.75, 3.05) is 0 Å². The van der Waals surface area contributed by atoms with E-state index in [0.29, 0.717) is 0 Å². The van der Waals surface area contributed by atoms with Crippen molar-refractivity contribution in [2.24, 2.45) is 0 Å². The van der Waals surface area contributed by atoms with Crippen LogP contribution < -0.4 is 0 Å². The second kappa shape index (κ2) is 7.33. The number of hydrogen-bond donors (Lipinski definition) is 0. The van der Waals surface area contributed by atoms with Crippen LogP contribution in [0.2, 0.25) is 0 Å². The van der Waals surface area contributed by atoms with Crippen molar-refractivity contribution in [2.45, 2.75) is 62.6 Å². The van der Waals surface area contributed by atoms with Crippen LogP contribution >= 0.6 is 0 Å². The minimum Gasteiger partial charge on any atom is -0.242 e. The van der Waals surface area contributed by atoms with Gasteiger partial charge in [0, 0.05) is 0 Å². The van der Waals surface area contributed by atoms with Gasteiger partial charge in [0.15, 0.2) is 0 Å². The molecule has 0 rings (SSSR count). The highest BCUT2D eigenvalue weighted by atomic mass is 32.2. The smallest absolute Gasteiger partial charge is 0.242 e. The third-order valence-corrected chi connectivity index (χ3v) is 4.09. The third-order valence-electron chi connectivity index (χ3n) is 3.25. The molecule has 0 aromatic heterocycles. The van der Waals surface area contributed by atoms with Gasteiger partial charge in [-0.2, -0.15) is 56.9 Å². The molecule has 0 N–H and O–H groups in total. The lowest BCUT2D eigenvalue weighted by molar-refractivity contribution is -0.369. The number of hydrogen-bond acceptors (Lipinski definition) is 3. The Kier molecular flexibility index (Phi) is 7.11. The molecule has 3 nitrogen and oxygen atoms in total. The Hall–Kier alpha value is -0.770. The average Bonchev–Trinajstić information content (AvgIpc) is 2.36. The van der Waals surface area contributed by atoms with Crippen molar-refractivity contribution in [3.8, 4) is 0 Å². The largest absolute Gasteiger partial charge is 0.427 e. The van der Waals surface area contributed by atoms with E-state index < -0.39 is 60.1 Å². The molecule has 0 amide bonds. The fraction of sp³-hybridized carbons (Fsp3) is 1.00. The molecule has 0 bridgehead atoms. The summed E-state index contributed by atoms with van der Waals surface area (Å²) in [6, 6.07) is 0. The van der Waals surface area contributed by atoms with E-state index in [4.69, 9.17) is 0 Å². The molecule has 0 aliphatic rings. The van der Waals surface area contributed by atoms with Gasteiger partial charge in [-0.15, -0.1) is 0 Å². The Balaban J connectivity index is 6.07. The van der Waals surface area contributed by atoms with Crippen molar-refractivity contribution in [1.82, 2.24) is 0 Å². The van der Waals surface area contributed by atoms with Crippen LogP contribution in [0.3, 0.4) is 0 Å². The molecule has 0 fully saturated rings. The molecule has 16 heteroatoms. The molecular weight excluding hydrogens is 428 g/mol. The summed E-state index contributed by atoms with van der Waals surface area (Å²) in [5.41, 5.74) is -10.6. The Bertz CT molecular complexity index is 431. The minimum absolute atomic E-state index is 0.221. The van der Waals surface area contributed by atoms with Gasteiger partial charge in [-0.3, -0.25) is 0 Å². The van der Waals surface area contributed by atoms with Gasteiger partial charge in [0.1, 0.15) is 0 Å². The summed E-state index contributed by atoms with van der Waals surface area (Å²) in [7, 11) is 0. The lowest BCUT2D eigenvalue weighted by Crippen LogP contribution is -2.61. The van der Waals surface area contributed by atoms with Gasteiger partial charge in [0.2, 0.25) is 0 Å². The van der Waals surface area contributed by atoms with E-state index in [-0.39, 0.29) is 13.8 Å². The first-order valence-electron chi connectivity index (χ1n) is 6.30. The van der Waals surface area contributed by atoms with Crippen molar-refractivity contribution in [3.05, 3.63) is 0 Å². The van der Waals surface area contributed by atoms with E-state index in [1.165, 1.54) is 0 Å². The highest BCUT2D eigenvalue weighted by Gasteiger charge is 2.75. The topological polar surface area (TPSA) is 35.5 Å². The Labute approximate surface area is 140 Å². The molecule has 0 radical (unpaired) electrons. The second-order valence-corrected chi connectivity index (χ2v) is 5.46. The zero-order valence-electron chi connectivity index (χ0n) is 12.6. The standard InChI is InChI=1S/C10H10F12O3S/c1-3-5(7(11,12)13,8(14,15)16)24-26(23)25-6(4-2,9(17,18)19)10(20,21)22/h3-4H2,1-2H3. The Morgan fingerprint density at radius 3 is 0.885 bits per heavy atom. The predicted octanol–water partition coefficient (Wildman–Crippen LogP) is 5.15. The Morgan fingerprint density at radius 2 is 0.769 bits per heavy atom. The van der Waals surface area contributed by atoms with E-state index >= 15 is 0 Å². The predicted molar refractivity (Wildman–Crippen MR) is 60.6 cm³/mol. The first kappa shape index (κ1) is 25.2. The molecule has 0 atom stereocenters. The highest BCUT2D eigenvalue weighted by molar-refractivity contribution is 7.75. The monoisotopic (exact) mass is 438 g/mol. The molecule has 26 heavy (non-hydrogen) atoms. The van der Waals surface area contributed by atoms with Crippen molar-refractivity contribution in [3.63, 3.8) is 0 Å². The van der Waals surface area contributed by atoms with Crippen molar-refractivity contribution in [1.29, 1.82) is 0 Å². The van der Waals surface area contributed by atoms with Crippen LogP contribution in [-0.2, 0) is 19.7 Å². The zero-order valence-corrected chi connectivity index (χ0v) is 13.4. The maximum absolute atomic E-state index is 12.7. The first-order valence-corrected chi connectivity index (χ1v) is 7.30. The molecule has 158 valence electrons. The summed E-state index contributed by atoms with van der Waals surface area (Å²) in [5.74, 6) is 0. The fourth-order valence-electron chi connectivity index (χ4n) is 1.68. The van der Waals surface area contributed by atoms with Crippen LogP contribution in [-0.4, -0.2) is 40.1 Å². The lowest BCUT2D eigenvalue weighted by atomic mass is 10.00. The summed E-state index contributed by atoms with van der Waals surface area (Å²) < 4.78 is 170. The Morgan fingerprint density at radius 1 is 0.577 bits per heavy atom. The van der Waals surface area contributed by atoms with E-state index in [1.54, 1.807) is 0 Å². The second-order valence-electron chi connectivity index (χ2n) is 4.72. The van der Waals surface area contributed by atoms with Gasteiger partial charge in [-0.05, 0) is 12.8 Å². The van der Waals surface area contributed by atoms with Crippen molar-refractivity contribution < 1.29 is 65.3 Å². The average molecular weight is 438 g/mol. The zero-order chi connectivity index (χ0) is 21.4. The molecule has 0 aliphatic heterocycles. The van der Waals surface area contributed by atoms with E-state index in [1.807, 2.05) is 0 Å². The van der Waals surface area contributed by atoms with Crippen LogP contribution in [0.1, 0.15) is 26.7 Å². The van der Waals surface area contributed by atoms with Gasteiger partial charge in [-0.25, -0.2) is 8.37 Å². The van der Waals surface area contributed by atoms with E-state index in [0.717, 1.165) is 0 Å². The summed E-state index contributed by atoms with van der Waals surface area (Å²) in [6.07, 6.45) is -29.6. The molecule has 0 spiro atoms. The summed E-state index contributed by atoms with van der Waals surface area (Å²) in [4.78, 5) is 0. The SMILES string of the molecule is CCC(OS(=O)OC(CC)(C(F)(F)F)C(F)(F)F)(C(F)(F)F)C(F)(F)F. The third kappa shape index (κ3) is 4.37. The van der Waals surface area contributed by atoms with Crippen LogP contribution in [0.4, 0.5) is 52.7 Å². The van der Waals surface area contributed by atoms with Gasteiger partial charge in [0.05, 0.1) is 0 Å². The highest BCUT2D eigenvalue weighted by Crippen LogP contribution is 2.51. The van der Waals surface area contributed by atoms with Gasteiger partial charge in [0.25, 0.3) is 11.2 Å². The summed E-state index contributed by atoms with van der Waals surface area (Å²) in [6.45, 7) is 0.442. The first-order chi connectivity index (χ1) is 11.2. The van der Waals surface area contributed by atoms with Crippen molar-refractivity contribution >= 4 is 11.4 Å². The van der Waals surface area contributed by atoms with Gasteiger partial charge < -0.3 is 0 Å². The van der Waals surface area contributed by atoms with E-state index in [2.05, 4.69) is 8.37 Å². The number of rotatable bonds is 6. The maximum Gasteiger partial charge on any atom is 0.427 e. The molecule has 0 saturated heterocycles. The van der Waals surface area contributed by atoms with Gasteiger partial charge >= 0.3 is 36.1 Å². The van der Waals surface area contributed by atoms with Crippen LogP contribution in [0, 0.1) is 0 Å². The molecule has 0 aromatic carbocycles. The van der Waals surface area contributed by atoms with Crippen LogP contribution in [0.15, 0.2) is 0 Å². The number of alkyl halides is 12.